The van der Waals surface area contributed by atoms with Gasteiger partial charge < -0.3 is 15.1 Å². The molecule has 0 spiro atoms. The molecule has 5 heteroatoms. The predicted molar refractivity (Wildman–Crippen MR) is 92.6 cm³/mol. The number of anilines is 1. The van der Waals surface area contributed by atoms with Crippen molar-refractivity contribution in [2.24, 2.45) is 0 Å². The monoisotopic (exact) mass is 316 g/mol. The van der Waals surface area contributed by atoms with E-state index in [4.69, 9.17) is 0 Å². The smallest absolute Gasteiger partial charge is 0.317 e. The van der Waals surface area contributed by atoms with Gasteiger partial charge in [-0.05, 0) is 38.2 Å². The van der Waals surface area contributed by atoms with E-state index in [-0.39, 0.29) is 6.03 Å². The summed E-state index contributed by atoms with van der Waals surface area (Å²) in [6.45, 7) is 4.49. The number of urea groups is 1. The van der Waals surface area contributed by atoms with Gasteiger partial charge in [0.05, 0.1) is 0 Å². The van der Waals surface area contributed by atoms with Gasteiger partial charge in [-0.15, -0.1) is 0 Å². The fourth-order valence-electron chi connectivity index (χ4n) is 3.52. The van der Waals surface area contributed by atoms with Crippen LogP contribution in [0.3, 0.4) is 0 Å². The quantitative estimate of drug-likeness (QED) is 0.932. The zero-order chi connectivity index (χ0) is 15.9. The normalized spacial score (nSPS) is 19.3. The molecule has 1 aromatic rings. The molecule has 2 fully saturated rings. The van der Waals surface area contributed by atoms with Gasteiger partial charge in [-0.2, -0.15) is 0 Å². The Hall–Kier alpha value is -1.78. The average molecular weight is 316 g/mol. The standard InChI is InChI=1S/C18H28N4O/c23-18(22-13-4-1-2-5-14-22)20-15-16-9-8-10-19-17(16)21-11-6-3-7-12-21/h8-10H,1-7,11-15H2,(H,20,23). The minimum absolute atomic E-state index is 0.0698. The molecule has 2 aliphatic rings. The highest BCUT2D eigenvalue weighted by Gasteiger charge is 2.18. The SMILES string of the molecule is O=C(NCc1cccnc1N1CCCCC1)N1CCCCCC1. The first-order chi connectivity index (χ1) is 11.3. The number of carbonyl (C=O) groups excluding carboxylic acids is 1. The van der Waals surface area contributed by atoms with Crippen LogP contribution in [0, 0.1) is 0 Å². The number of likely N-dealkylation sites (tertiary alicyclic amines) is 1. The summed E-state index contributed by atoms with van der Waals surface area (Å²) in [4.78, 5) is 21.3. The molecule has 2 saturated heterocycles. The van der Waals surface area contributed by atoms with Gasteiger partial charge in [-0.3, -0.25) is 0 Å². The summed E-state index contributed by atoms with van der Waals surface area (Å²) < 4.78 is 0. The number of piperidine rings is 1. The molecule has 5 nitrogen and oxygen atoms in total. The highest BCUT2D eigenvalue weighted by Crippen LogP contribution is 2.21. The Morgan fingerprint density at radius 2 is 1.65 bits per heavy atom. The largest absolute Gasteiger partial charge is 0.356 e. The molecule has 0 atom stereocenters. The first-order valence-electron chi connectivity index (χ1n) is 9.06. The van der Waals surface area contributed by atoms with Crippen LogP contribution in [0.15, 0.2) is 18.3 Å². The van der Waals surface area contributed by atoms with Crippen LogP contribution in [-0.4, -0.2) is 42.1 Å². The van der Waals surface area contributed by atoms with Gasteiger partial charge in [0, 0.05) is 44.5 Å². The molecule has 0 aromatic carbocycles. The maximum Gasteiger partial charge on any atom is 0.317 e. The molecule has 0 bridgehead atoms. The third-order valence-corrected chi connectivity index (χ3v) is 4.85. The summed E-state index contributed by atoms with van der Waals surface area (Å²) in [5.41, 5.74) is 1.12. The third kappa shape index (κ3) is 4.36. The Balaban J connectivity index is 1.60. The van der Waals surface area contributed by atoms with Gasteiger partial charge in [-0.1, -0.05) is 18.9 Å². The molecule has 0 saturated carbocycles. The summed E-state index contributed by atoms with van der Waals surface area (Å²) in [6, 6.07) is 4.11. The summed E-state index contributed by atoms with van der Waals surface area (Å²) in [5.74, 6) is 1.04. The van der Waals surface area contributed by atoms with E-state index >= 15 is 0 Å². The lowest BCUT2D eigenvalue weighted by Crippen LogP contribution is -2.40. The number of nitrogens with one attached hydrogen (secondary N) is 1. The summed E-state index contributed by atoms with van der Waals surface area (Å²) in [5, 5.41) is 3.10. The Labute approximate surface area is 139 Å². The lowest BCUT2D eigenvalue weighted by Gasteiger charge is -2.29. The maximum atomic E-state index is 12.4. The van der Waals surface area contributed by atoms with E-state index in [1.165, 1.54) is 32.1 Å². The van der Waals surface area contributed by atoms with Gasteiger partial charge in [-0.25, -0.2) is 9.78 Å². The number of rotatable bonds is 3. The molecule has 23 heavy (non-hydrogen) atoms. The van der Waals surface area contributed by atoms with Crippen LogP contribution in [0.1, 0.15) is 50.5 Å². The third-order valence-electron chi connectivity index (χ3n) is 4.85. The van der Waals surface area contributed by atoms with E-state index in [1.54, 1.807) is 0 Å². The van der Waals surface area contributed by atoms with Crippen molar-refractivity contribution in [2.75, 3.05) is 31.1 Å². The molecule has 1 N–H and O–H groups in total. The van der Waals surface area contributed by atoms with E-state index in [1.807, 2.05) is 17.2 Å². The van der Waals surface area contributed by atoms with Crippen molar-refractivity contribution in [3.63, 3.8) is 0 Å². The first-order valence-corrected chi connectivity index (χ1v) is 9.06. The molecule has 0 radical (unpaired) electrons. The number of carbonyl (C=O) groups is 1. The van der Waals surface area contributed by atoms with Crippen LogP contribution in [-0.2, 0) is 6.54 Å². The van der Waals surface area contributed by atoms with E-state index < -0.39 is 0 Å². The molecule has 2 aliphatic heterocycles. The summed E-state index contributed by atoms with van der Waals surface area (Å²) in [6.07, 6.45) is 10.4. The fraction of sp³-hybridized carbons (Fsp3) is 0.667. The lowest BCUT2D eigenvalue weighted by atomic mass is 10.1. The average Bonchev–Trinajstić information content (AvgIpc) is 2.90. The molecule has 2 amide bonds. The Kier molecular flexibility index (Phi) is 5.72. The van der Waals surface area contributed by atoms with Crippen LogP contribution in [0.5, 0.6) is 0 Å². The zero-order valence-corrected chi connectivity index (χ0v) is 14.0. The van der Waals surface area contributed by atoms with Crippen LogP contribution in [0.2, 0.25) is 0 Å². The first kappa shape index (κ1) is 16.1. The van der Waals surface area contributed by atoms with Crippen LogP contribution in [0.4, 0.5) is 10.6 Å². The molecule has 1 aromatic heterocycles. The zero-order valence-electron chi connectivity index (χ0n) is 14.0. The molecular formula is C18H28N4O. The Bertz CT molecular complexity index is 505. The molecule has 3 heterocycles. The van der Waals surface area contributed by atoms with Crippen molar-refractivity contribution < 1.29 is 4.79 Å². The lowest BCUT2D eigenvalue weighted by molar-refractivity contribution is 0.199. The second kappa shape index (κ2) is 8.18. The summed E-state index contributed by atoms with van der Waals surface area (Å²) >= 11 is 0. The van der Waals surface area contributed by atoms with Crippen LogP contribution in [0.25, 0.3) is 0 Å². The van der Waals surface area contributed by atoms with E-state index in [0.29, 0.717) is 6.54 Å². The molecule has 0 aliphatic carbocycles. The van der Waals surface area contributed by atoms with Crippen molar-refractivity contribution in [3.8, 4) is 0 Å². The molecule has 0 unspecified atom stereocenters. The molecule has 3 rings (SSSR count). The van der Waals surface area contributed by atoms with Crippen molar-refractivity contribution in [1.82, 2.24) is 15.2 Å². The maximum absolute atomic E-state index is 12.4. The fourth-order valence-corrected chi connectivity index (χ4v) is 3.52. The number of aromatic nitrogens is 1. The van der Waals surface area contributed by atoms with E-state index in [9.17, 15) is 4.79 Å². The Morgan fingerprint density at radius 1 is 1.00 bits per heavy atom. The summed E-state index contributed by atoms with van der Waals surface area (Å²) in [7, 11) is 0. The second-order valence-corrected chi connectivity index (χ2v) is 6.59. The highest BCUT2D eigenvalue weighted by atomic mass is 16.2. The van der Waals surface area contributed by atoms with Crippen molar-refractivity contribution in [2.45, 2.75) is 51.5 Å². The highest BCUT2D eigenvalue weighted by molar-refractivity contribution is 5.74. The van der Waals surface area contributed by atoms with Gasteiger partial charge >= 0.3 is 6.03 Å². The predicted octanol–water partition coefficient (Wildman–Crippen LogP) is 3.16. The van der Waals surface area contributed by atoms with Gasteiger partial charge in [0.1, 0.15) is 5.82 Å². The van der Waals surface area contributed by atoms with Crippen molar-refractivity contribution >= 4 is 11.8 Å². The number of pyridine rings is 1. The molecular weight excluding hydrogens is 288 g/mol. The van der Waals surface area contributed by atoms with E-state index in [2.05, 4.69) is 21.3 Å². The van der Waals surface area contributed by atoms with Crippen molar-refractivity contribution in [1.29, 1.82) is 0 Å². The van der Waals surface area contributed by atoms with Crippen LogP contribution >= 0.6 is 0 Å². The minimum Gasteiger partial charge on any atom is -0.356 e. The molecule has 126 valence electrons. The van der Waals surface area contributed by atoms with Gasteiger partial charge in [0.15, 0.2) is 0 Å². The van der Waals surface area contributed by atoms with Gasteiger partial charge in [0.25, 0.3) is 0 Å². The van der Waals surface area contributed by atoms with Gasteiger partial charge in [0.2, 0.25) is 0 Å². The number of hydrogen-bond acceptors (Lipinski definition) is 3. The van der Waals surface area contributed by atoms with Crippen LogP contribution < -0.4 is 10.2 Å². The Morgan fingerprint density at radius 3 is 2.39 bits per heavy atom. The second-order valence-electron chi connectivity index (χ2n) is 6.59. The topological polar surface area (TPSA) is 48.5 Å². The number of hydrogen-bond donors (Lipinski definition) is 1. The van der Waals surface area contributed by atoms with E-state index in [0.717, 1.165) is 50.4 Å². The van der Waals surface area contributed by atoms with Crippen molar-refractivity contribution in [3.05, 3.63) is 23.9 Å². The minimum atomic E-state index is 0.0698. The number of nitrogens with zero attached hydrogens (tertiary/aromatic N) is 3. The number of amides is 2.